The van der Waals surface area contributed by atoms with Gasteiger partial charge in [0.15, 0.2) is 8.32 Å². The zero-order valence-electron chi connectivity index (χ0n) is 27.8. The number of benzene rings is 1. The van der Waals surface area contributed by atoms with Gasteiger partial charge in [0, 0.05) is 48.8 Å². The molecule has 13 nitrogen and oxygen atoms in total. The summed E-state index contributed by atoms with van der Waals surface area (Å²) in [5.41, 5.74) is 0.418. The number of hydrogen-bond acceptors (Lipinski definition) is 9. The van der Waals surface area contributed by atoms with Crippen molar-refractivity contribution in [1.82, 2.24) is 14.7 Å². The molecule has 0 unspecified atom stereocenters. The lowest BCUT2D eigenvalue weighted by Crippen LogP contribution is -2.65. The SMILES string of the molecule is C[C@@H](O[Si](C)(C)C(C)(C)C)[C@H]1C(=O)N2C(C(=O)O)=C(S[C@H]3C[C@@H](C(=O)N(C)C)N(C(=O)OCc4ccc([N+](=O)[O-])cc4)C3)[C@H](C)[C@H]12. The van der Waals surface area contributed by atoms with Crippen LogP contribution in [0.3, 0.4) is 0 Å². The summed E-state index contributed by atoms with van der Waals surface area (Å²) in [7, 11) is 0.994. The molecule has 4 rings (SSSR count). The van der Waals surface area contributed by atoms with Crippen LogP contribution in [0, 0.1) is 22.0 Å². The molecular weight excluding hydrogens is 633 g/mol. The van der Waals surface area contributed by atoms with Crippen molar-refractivity contribution in [2.45, 2.75) is 89.2 Å². The molecule has 252 valence electrons. The molecule has 0 radical (unpaired) electrons. The highest BCUT2D eigenvalue weighted by molar-refractivity contribution is 8.03. The quantitative estimate of drug-likeness (QED) is 0.160. The summed E-state index contributed by atoms with van der Waals surface area (Å²) in [4.78, 5) is 67.5. The molecule has 15 heteroatoms. The Kier molecular flexibility index (Phi) is 10.0. The fourth-order valence-electron chi connectivity index (χ4n) is 6.12. The molecule has 1 aromatic rings. The number of carboxylic acid groups (broad SMARTS) is 1. The zero-order valence-corrected chi connectivity index (χ0v) is 29.6. The zero-order chi connectivity index (χ0) is 34.5. The number of rotatable bonds is 10. The Hall–Kier alpha value is -3.43. The summed E-state index contributed by atoms with van der Waals surface area (Å²) in [5, 5.41) is 20.8. The monoisotopic (exact) mass is 676 g/mol. The van der Waals surface area contributed by atoms with Gasteiger partial charge >= 0.3 is 12.1 Å². The lowest BCUT2D eigenvalue weighted by atomic mass is 9.79. The standard InChI is InChI=1S/C31H44N4O9SSi/c1-17-24-23(18(2)44-46(8,9)31(3,4)5)28(37)34(24)25(29(38)39)26(17)45-21-14-22(27(36)32(6)7)33(15-21)30(40)43-16-19-10-12-20(13-11-19)35(41)42/h10-13,17-18,21-24H,14-16H2,1-9H3,(H,38,39)/t17-,18-,21+,22+,23-,24-/m1/s1. The molecule has 0 aliphatic carbocycles. The maximum Gasteiger partial charge on any atom is 0.410 e. The lowest BCUT2D eigenvalue weighted by Gasteiger charge is -2.50. The number of carbonyl (C=O) groups excluding carboxylic acids is 3. The molecule has 1 aromatic carbocycles. The van der Waals surface area contributed by atoms with E-state index >= 15 is 0 Å². The number of likely N-dealkylation sites (tertiary alicyclic amines) is 1. The van der Waals surface area contributed by atoms with Crippen LogP contribution in [0.5, 0.6) is 0 Å². The van der Waals surface area contributed by atoms with Crippen LogP contribution in [0.15, 0.2) is 34.9 Å². The Morgan fingerprint density at radius 3 is 2.33 bits per heavy atom. The molecule has 0 aromatic heterocycles. The molecule has 3 heterocycles. The third kappa shape index (κ3) is 6.67. The predicted molar refractivity (Wildman–Crippen MR) is 174 cm³/mol. The second kappa shape index (κ2) is 13.0. The second-order valence-corrected chi connectivity index (χ2v) is 20.1. The number of β-lactam (4-membered cyclic amide) rings is 1. The molecular formula is C31H44N4O9SSi. The summed E-state index contributed by atoms with van der Waals surface area (Å²) < 4.78 is 12.1. The number of fused-ring (bicyclic) bond motifs is 1. The fraction of sp³-hybridized carbons (Fsp3) is 0.613. The summed E-state index contributed by atoms with van der Waals surface area (Å²) in [6.45, 7) is 14.4. The highest BCUT2D eigenvalue weighted by Crippen LogP contribution is 2.53. The molecule has 0 spiro atoms. The van der Waals surface area contributed by atoms with E-state index in [9.17, 15) is 34.4 Å². The normalized spacial score (nSPS) is 25.2. The highest BCUT2D eigenvalue weighted by Gasteiger charge is 2.61. The first-order valence-electron chi connectivity index (χ1n) is 15.3. The first kappa shape index (κ1) is 35.4. The number of carbonyl (C=O) groups is 4. The van der Waals surface area contributed by atoms with Gasteiger partial charge in [0.1, 0.15) is 18.3 Å². The number of aliphatic carboxylic acids is 1. The molecule has 6 atom stereocenters. The minimum absolute atomic E-state index is 0.0436. The Morgan fingerprint density at radius 1 is 1.20 bits per heavy atom. The molecule has 46 heavy (non-hydrogen) atoms. The molecule has 0 saturated carbocycles. The number of hydrogen-bond donors (Lipinski definition) is 1. The first-order valence-corrected chi connectivity index (χ1v) is 19.1. The van der Waals surface area contributed by atoms with Crippen molar-refractivity contribution in [3.05, 3.63) is 50.5 Å². The van der Waals surface area contributed by atoms with Gasteiger partial charge in [-0.2, -0.15) is 0 Å². The number of thioether (sulfide) groups is 1. The smallest absolute Gasteiger partial charge is 0.410 e. The predicted octanol–water partition coefficient (Wildman–Crippen LogP) is 4.68. The van der Waals surface area contributed by atoms with Gasteiger partial charge in [-0.1, -0.05) is 27.7 Å². The van der Waals surface area contributed by atoms with Gasteiger partial charge in [0.25, 0.3) is 5.69 Å². The van der Waals surface area contributed by atoms with Crippen molar-refractivity contribution < 1.29 is 38.4 Å². The van der Waals surface area contributed by atoms with Crippen LogP contribution < -0.4 is 0 Å². The molecule has 0 bridgehead atoms. The summed E-state index contributed by atoms with van der Waals surface area (Å²) in [6.07, 6.45) is -0.833. The number of nitro groups is 1. The average molecular weight is 677 g/mol. The maximum atomic E-state index is 13.5. The molecule has 2 saturated heterocycles. The van der Waals surface area contributed by atoms with Gasteiger partial charge < -0.3 is 24.1 Å². The topological polar surface area (TPSA) is 160 Å². The van der Waals surface area contributed by atoms with Crippen LogP contribution in [0.25, 0.3) is 0 Å². The second-order valence-electron chi connectivity index (χ2n) is 14.0. The first-order chi connectivity index (χ1) is 21.3. The van der Waals surface area contributed by atoms with E-state index in [1.165, 1.54) is 50.7 Å². The van der Waals surface area contributed by atoms with Crippen molar-refractivity contribution in [3.63, 3.8) is 0 Å². The van der Waals surface area contributed by atoms with E-state index in [2.05, 4.69) is 33.9 Å². The molecule has 3 aliphatic rings. The number of carboxylic acids is 1. The highest BCUT2D eigenvalue weighted by atomic mass is 32.2. The summed E-state index contributed by atoms with van der Waals surface area (Å²) in [6, 6.07) is 4.44. The Labute approximate surface area is 274 Å². The van der Waals surface area contributed by atoms with Crippen LogP contribution in [0.1, 0.15) is 46.6 Å². The summed E-state index contributed by atoms with van der Waals surface area (Å²) >= 11 is 1.30. The molecule has 3 aliphatic heterocycles. The van der Waals surface area contributed by atoms with Crippen LogP contribution in [0.4, 0.5) is 10.5 Å². The van der Waals surface area contributed by atoms with Crippen molar-refractivity contribution in [1.29, 1.82) is 0 Å². The van der Waals surface area contributed by atoms with Crippen LogP contribution in [0.2, 0.25) is 18.1 Å². The Balaban J connectivity index is 1.51. The number of non-ortho nitro benzene ring substituents is 1. The van der Waals surface area contributed by atoms with E-state index in [0.29, 0.717) is 10.5 Å². The van der Waals surface area contributed by atoms with Crippen molar-refractivity contribution in [3.8, 4) is 0 Å². The molecule has 1 N–H and O–H groups in total. The Morgan fingerprint density at radius 2 is 1.80 bits per heavy atom. The van der Waals surface area contributed by atoms with Crippen LogP contribution in [-0.4, -0.2) is 101 Å². The van der Waals surface area contributed by atoms with E-state index in [0.717, 1.165) is 0 Å². The number of likely N-dealkylation sites (N-methyl/N-ethyl adjacent to an activating group) is 1. The van der Waals surface area contributed by atoms with Gasteiger partial charge in [0.05, 0.1) is 23.0 Å². The van der Waals surface area contributed by atoms with E-state index in [-0.39, 0.29) is 71.1 Å². The number of nitrogens with zero attached hydrogens (tertiary/aromatic N) is 4. The minimum atomic E-state index is -2.19. The number of nitro benzene ring substituents is 1. The fourth-order valence-corrected chi connectivity index (χ4v) is 9.07. The number of amides is 3. The lowest BCUT2D eigenvalue weighted by molar-refractivity contribution is -0.384. The van der Waals surface area contributed by atoms with Crippen LogP contribution in [-0.2, 0) is 30.2 Å². The van der Waals surface area contributed by atoms with Gasteiger partial charge in [-0.05, 0) is 49.2 Å². The minimum Gasteiger partial charge on any atom is -0.477 e. The molecule has 2 fully saturated rings. The number of ether oxygens (including phenoxy) is 1. The summed E-state index contributed by atoms with van der Waals surface area (Å²) in [5.74, 6) is -2.51. The van der Waals surface area contributed by atoms with Crippen molar-refractivity contribution >= 4 is 49.6 Å². The molecule has 3 amide bonds. The third-order valence-electron chi connectivity index (χ3n) is 9.61. The van der Waals surface area contributed by atoms with Gasteiger partial charge in [-0.3, -0.25) is 24.6 Å². The van der Waals surface area contributed by atoms with Gasteiger partial charge in [-0.15, -0.1) is 11.8 Å². The van der Waals surface area contributed by atoms with Crippen molar-refractivity contribution in [2.75, 3.05) is 20.6 Å². The van der Waals surface area contributed by atoms with Gasteiger partial charge in [-0.25, -0.2) is 9.59 Å². The average Bonchev–Trinajstić information content (AvgIpc) is 3.48. The maximum absolute atomic E-state index is 13.5. The van der Waals surface area contributed by atoms with Crippen LogP contribution >= 0.6 is 11.8 Å². The van der Waals surface area contributed by atoms with E-state index < -0.39 is 37.3 Å². The van der Waals surface area contributed by atoms with Crippen molar-refractivity contribution in [2.24, 2.45) is 11.8 Å². The largest absolute Gasteiger partial charge is 0.477 e. The van der Waals surface area contributed by atoms with E-state index in [4.69, 9.17) is 9.16 Å². The van der Waals surface area contributed by atoms with E-state index in [1.807, 2.05) is 13.8 Å². The van der Waals surface area contributed by atoms with Gasteiger partial charge in [0.2, 0.25) is 11.8 Å². The van der Waals surface area contributed by atoms with E-state index in [1.54, 1.807) is 14.1 Å². The third-order valence-corrected chi connectivity index (χ3v) is 15.7. The Bertz CT molecular complexity index is 1440.